The lowest BCUT2D eigenvalue weighted by atomic mass is 10.3. The Labute approximate surface area is 91.3 Å². The summed E-state index contributed by atoms with van der Waals surface area (Å²) in [7, 11) is -1.16. The smallest absolute Gasteiger partial charge is 0.239 e. The molecule has 0 bridgehead atoms. The first-order valence-electron chi connectivity index (χ1n) is 4.49. The second-order valence-electron chi connectivity index (χ2n) is 3.25. The molecule has 0 spiro atoms. The largest absolute Gasteiger partial charge is 0.399 e. The number of amides is 1. The van der Waals surface area contributed by atoms with E-state index in [2.05, 4.69) is 5.32 Å². The molecule has 0 aliphatic rings. The SMILES string of the molecule is CC(C(=O)Nc1ccc(N)cc1)S(C)=O. The number of rotatable bonds is 3. The molecule has 1 aromatic rings. The van der Waals surface area contributed by atoms with Crippen LogP contribution < -0.4 is 11.1 Å². The molecule has 4 nitrogen and oxygen atoms in total. The van der Waals surface area contributed by atoms with Crippen LogP contribution in [0, 0.1) is 0 Å². The van der Waals surface area contributed by atoms with E-state index < -0.39 is 16.0 Å². The molecule has 2 atom stereocenters. The van der Waals surface area contributed by atoms with Crippen molar-refractivity contribution in [2.45, 2.75) is 12.2 Å². The van der Waals surface area contributed by atoms with Gasteiger partial charge in [0.15, 0.2) is 0 Å². The van der Waals surface area contributed by atoms with E-state index in [-0.39, 0.29) is 5.91 Å². The maximum Gasteiger partial charge on any atom is 0.239 e. The number of nitrogens with two attached hydrogens (primary N) is 1. The van der Waals surface area contributed by atoms with Gasteiger partial charge in [-0.25, -0.2) is 0 Å². The molecule has 0 saturated carbocycles. The van der Waals surface area contributed by atoms with Crippen molar-refractivity contribution >= 4 is 28.1 Å². The van der Waals surface area contributed by atoms with Gasteiger partial charge in [-0.3, -0.25) is 9.00 Å². The van der Waals surface area contributed by atoms with E-state index in [4.69, 9.17) is 5.73 Å². The number of anilines is 2. The number of nitrogen functional groups attached to an aromatic ring is 1. The quantitative estimate of drug-likeness (QED) is 0.754. The lowest BCUT2D eigenvalue weighted by Crippen LogP contribution is -2.28. The minimum atomic E-state index is -1.16. The van der Waals surface area contributed by atoms with E-state index in [1.165, 1.54) is 6.26 Å². The van der Waals surface area contributed by atoms with E-state index in [1.807, 2.05) is 0 Å². The first kappa shape index (κ1) is 11.7. The number of hydrogen-bond acceptors (Lipinski definition) is 3. The molecule has 0 aromatic heterocycles. The van der Waals surface area contributed by atoms with Crippen LogP contribution >= 0.6 is 0 Å². The van der Waals surface area contributed by atoms with Gasteiger partial charge in [0.05, 0.1) is 0 Å². The molecule has 82 valence electrons. The fraction of sp³-hybridized carbons (Fsp3) is 0.300. The monoisotopic (exact) mass is 226 g/mol. The van der Waals surface area contributed by atoms with Gasteiger partial charge in [0.25, 0.3) is 0 Å². The fourth-order valence-corrected chi connectivity index (χ4v) is 1.32. The Hall–Kier alpha value is -1.36. The summed E-state index contributed by atoms with van der Waals surface area (Å²) in [5.74, 6) is -0.249. The van der Waals surface area contributed by atoms with Crippen LogP contribution in [0.25, 0.3) is 0 Å². The van der Waals surface area contributed by atoms with Gasteiger partial charge in [-0.2, -0.15) is 0 Å². The summed E-state index contributed by atoms with van der Waals surface area (Å²) in [6.45, 7) is 1.63. The van der Waals surface area contributed by atoms with E-state index in [0.29, 0.717) is 11.4 Å². The van der Waals surface area contributed by atoms with Gasteiger partial charge in [0, 0.05) is 28.4 Å². The minimum Gasteiger partial charge on any atom is -0.399 e. The van der Waals surface area contributed by atoms with Crippen LogP contribution in [-0.2, 0) is 15.6 Å². The van der Waals surface area contributed by atoms with Gasteiger partial charge in [-0.1, -0.05) is 0 Å². The summed E-state index contributed by atoms with van der Waals surface area (Å²) in [5, 5.41) is 2.15. The highest BCUT2D eigenvalue weighted by atomic mass is 32.2. The number of nitrogens with one attached hydrogen (secondary N) is 1. The standard InChI is InChI=1S/C10H14N2O2S/c1-7(15(2)14)10(13)12-9-5-3-8(11)4-6-9/h3-7H,11H2,1-2H3,(H,12,13). The zero-order chi connectivity index (χ0) is 11.4. The molecule has 0 heterocycles. The summed E-state index contributed by atoms with van der Waals surface area (Å²) in [4.78, 5) is 11.5. The van der Waals surface area contributed by atoms with E-state index >= 15 is 0 Å². The summed E-state index contributed by atoms with van der Waals surface area (Å²) < 4.78 is 11.1. The summed E-state index contributed by atoms with van der Waals surface area (Å²) in [6.07, 6.45) is 1.51. The molecule has 0 radical (unpaired) electrons. The summed E-state index contributed by atoms with van der Waals surface area (Å²) >= 11 is 0. The topological polar surface area (TPSA) is 72.2 Å². The fourth-order valence-electron chi connectivity index (χ4n) is 0.961. The van der Waals surface area contributed by atoms with Gasteiger partial charge < -0.3 is 11.1 Å². The Morgan fingerprint density at radius 1 is 1.40 bits per heavy atom. The average Bonchev–Trinajstić information content (AvgIpc) is 2.20. The lowest BCUT2D eigenvalue weighted by molar-refractivity contribution is -0.115. The Balaban J connectivity index is 2.66. The molecule has 2 unspecified atom stereocenters. The Morgan fingerprint density at radius 2 is 1.93 bits per heavy atom. The highest BCUT2D eigenvalue weighted by Crippen LogP contribution is 2.11. The molecule has 0 aliphatic heterocycles. The lowest BCUT2D eigenvalue weighted by Gasteiger charge is -2.09. The maximum atomic E-state index is 11.5. The first-order valence-corrected chi connectivity index (χ1v) is 6.11. The highest BCUT2D eigenvalue weighted by Gasteiger charge is 2.16. The van der Waals surface area contributed by atoms with Gasteiger partial charge in [-0.15, -0.1) is 0 Å². The van der Waals surface area contributed by atoms with Crippen molar-refractivity contribution in [2.75, 3.05) is 17.3 Å². The van der Waals surface area contributed by atoms with E-state index in [9.17, 15) is 9.00 Å². The molecule has 0 aliphatic carbocycles. The number of carbonyl (C=O) groups excluding carboxylic acids is 1. The Kier molecular flexibility index (Phi) is 3.85. The molecular weight excluding hydrogens is 212 g/mol. The van der Waals surface area contributed by atoms with Crippen molar-refractivity contribution in [2.24, 2.45) is 0 Å². The molecule has 5 heteroatoms. The van der Waals surface area contributed by atoms with Crippen LogP contribution in [0.5, 0.6) is 0 Å². The van der Waals surface area contributed by atoms with Gasteiger partial charge in [-0.05, 0) is 31.2 Å². The van der Waals surface area contributed by atoms with Crippen molar-refractivity contribution in [3.05, 3.63) is 24.3 Å². The van der Waals surface area contributed by atoms with Crippen LogP contribution in [0.1, 0.15) is 6.92 Å². The maximum absolute atomic E-state index is 11.5. The average molecular weight is 226 g/mol. The third kappa shape index (κ3) is 3.36. The summed E-state index contributed by atoms with van der Waals surface area (Å²) in [6, 6.07) is 6.81. The molecule has 1 aromatic carbocycles. The molecular formula is C10H14N2O2S. The number of carbonyl (C=O) groups is 1. The van der Waals surface area contributed by atoms with Crippen molar-refractivity contribution in [3.8, 4) is 0 Å². The third-order valence-corrected chi connectivity index (χ3v) is 3.26. The number of benzene rings is 1. The second-order valence-corrected chi connectivity index (χ2v) is 4.96. The zero-order valence-corrected chi connectivity index (χ0v) is 9.51. The first-order chi connectivity index (χ1) is 7.00. The number of hydrogen-bond donors (Lipinski definition) is 2. The minimum absolute atomic E-state index is 0.249. The zero-order valence-electron chi connectivity index (χ0n) is 8.69. The van der Waals surface area contributed by atoms with Crippen molar-refractivity contribution < 1.29 is 9.00 Å². The predicted molar refractivity (Wildman–Crippen MR) is 63.0 cm³/mol. The molecule has 15 heavy (non-hydrogen) atoms. The van der Waals surface area contributed by atoms with Crippen LogP contribution in [0.15, 0.2) is 24.3 Å². The van der Waals surface area contributed by atoms with Crippen molar-refractivity contribution in [3.63, 3.8) is 0 Å². The molecule has 0 fully saturated rings. The Bertz CT molecular complexity index is 376. The van der Waals surface area contributed by atoms with Crippen molar-refractivity contribution in [1.29, 1.82) is 0 Å². The normalized spacial score (nSPS) is 14.3. The molecule has 1 rings (SSSR count). The highest BCUT2D eigenvalue weighted by molar-refractivity contribution is 7.85. The molecule has 1 amide bonds. The Morgan fingerprint density at radius 3 is 2.40 bits per heavy atom. The van der Waals surface area contributed by atoms with E-state index in [0.717, 1.165) is 0 Å². The van der Waals surface area contributed by atoms with Gasteiger partial charge >= 0.3 is 0 Å². The third-order valence-electron chi connectivity index (χ3n) is 2.05. The van der Waals surface area contributed by atoms with E-state index in [1.54, 1.807) is 31.2 Å². The van der Waals surface area contributed by atoms with Crippen LogP contribution in [-0.4, -0.2) is 21.6 Å². The van der Waals surface area contributed by atoms with Gasteiger partial charge in [0.2, 0.25) is 5.91 Å². The molecule has 3 N–H and O–H groups in total. The van der Waals surface area contributed by atoms with Gasteiger partial charge in [0.1, 0.15) is 5.25 Å². The summed E-state index contributed by atoms with van der Waals surface area (Å²) in [5.41, 5.74) is 6.80. The second kappa shape index (κ2) is 4.93. The molecule has 0 saturated heterocycles. The van der Waals surface area contributed by atoms with Crippen molar-refractivity contribution in [1.82, 2.24) is 0 Å². The predicted octanol–water partition coefficient (Wildman–Crippen LogP) is 0.974. The van der Waals surface area contributed by atoms with Crippen LogP contribution in [0.4, 0.5) is 11.4 Å². The van der Waals surface area contributed by atoms with Crippen LogP contribution in [0.2, 0.25) is 0 Å². The van der Waals surface area contributed by atoms with Crippen LogP contribution in [0.3, 0.4) is 0 Å².